The summed E-state index contributed by atoms with van der Waals surface area (Å²) in [5.41, 5.74) is 0.472. The molecule has 0 aliphatic heterocycles. The summed E-state index contributed by atoms with van der Waals surface area (Å²) in [7, 11) is -1.43. The molecular weight excluding hydrogens is 386 g/mol. The third-order valence-electron chi connectivity index (χ3n) is 3.81. The molecule has 2 aromatic rings. The molecule has 0 bridgehead atoms. The van der Waals surface area contributed by atoms with Gasteiger partial charge < -0.3 is 14.2 Å². The van der Waals surface area contributed by atoms with Gasteiger partial charge in [-0.15, -0.1) is 0 Å². The maximum atomic E-state index is 13.1. The number of rotatable bonds is 8. The molecular formula is C19H21NO7S. The summed E-state index contributed by atoms with van der Waals surface area (Å²) in [5, 5.41) is 0. The van der Waals surface area contributed by atoms with Gasteiger partial charge >= 0.3 is 11.9 Å². The number of hydrogen-bond donors (Lipinski definition) is 0. The zero-order valence-electron chi connectivity index (χ0n) is 15.7. The standard InChI is InChI=1S/C19H21NO7S/c1-4-27-19(22)14-5-7-15(8-6-14)20(13-18(21)26-3)28(23,24)17-11-9-16(25-2)10-12-17/h5-12H,4,13H2,1-3H3. The fourth-order valence-corrected chi connectivity index (χ4v) is 3.76. The average molecular weight is 407 g/mol. The van der Waals surface area contributed by atoms with E-state index in [-0.39, 0.29) is 22.8 Å². The van der Waals surface area contributed by atoms with Crippen molar-refractivity contribution in [1.29, 1.82) is 0 Å². The molecule has 0 saturated heterocycles. The smallest absolute Gasteiger partial charge is 0.338 e. The highest BCUT2D eigenvalue weighted by Gasteiger charge is 2.28. The Morgan fingerprint density at radius 1 is 0.964 bits per heavy atom. The number of methoxy groups -OCH3 is 2. The van der Waals surface area contributed by atoms with Gasteiger partial charge in [0, 0.05) is 0 Å². The van der Waals surface area contributed by atoms with E-state index in [1.165, 1.54) is 62.8 Å². The maximum absolute atomic E-state index is 13.1. The van der Waals surface area contributed by atoms with Crippen molar-refractivity contribution in [2.75, 3.05) is 31.7 Å². The van der Waals surface area contributed by atoms with Crippen molar-refractivity contribution in [3.05, 3.63) is 54.1 Å². The molecule has 0 fully saturated rings. The number of carbonyl (C=O) groups excluding carboxylic acids is 2. The third-order valence-corrected chi connectivity index (χ3v) is 5.60. The molecule has 8 nitrogen and oxygen atoms in total. The molecule has 0 atom stereocenters. The molecule has 150 valence electrons. The Kier molecular flexibility index (Phi) is 7.00. The molecule has 0 heterocycles. The summed E-state index contributed by atoms with van der Waals surface area (Å²) in [6.45, 7) is 1.39. The molecule has 28 heavy (non-hydrogen) atoms. The molecule has 0 aliphatic rings. The van der Waals surface area contributed by atoms with Crippen LogP contribution in [0.25, 0.3) is 0 Å². The van der Waals surface area contributed by atoms with E-state index in [1.807, 2.05) is 0 Å². The Morgan fingerprint density at radius 3 is 2.07 bits per heavy atom. The van der Waals surface area contributed by atoms with E-state index in [9.17, 15) is 18.0 Å². The fourth-order valence-electron chi connectivity index (χ4n) is 2.35. The van der Waals surface area contributed by atoms with Gasteiger partial charge in [0.25, 0.3) is 10.0 Å². The van der Waals surface area contributed by atoms with E-state index in [1.54, 1.807) is 6.92 Å². The van der Waals surface area contributed by atoms with Gasteiger partial charge in [-0.2, -0.15) is 0 Å². The summed E-state index contributed by atoms with van der Waals surface area (Å²) in [5.74, 6) is -0.754. The average Bonchev–Trinajstić information content (AvgIpc) is 2.72. The van der Waals surface area contributed by atoms with Crippen LogP contribution < -0.4 is 9.04 Å². The first-order chi connectivity index (χ1) is 13.3. The minimum absolute atomic E-state index is 0.0216. The van der Waals surface area contributed by atoms with Gasteiger partial charge in [-0.05, 0) is 55.5 Å². The highest BCUT2D eigenvalue weighted by atomic mass is 32.2. The SMILES string of the molecule is CCOC(=O)c1ccc(N(CC(=O)OC)S(=O)(=O)c2ccc(OC)cc2)cc1. The highest BCUT2D eigenvalue weighted by molar-refractivity contribution is 7.92. The maximum Gasteiger partial charge on any atom is 0.338 e. The van der Waals surface area contributed by atoms with E-state index in [0.29, 0.717) is 5.75 Å². The predicted octanol–water partition coefficient (Wildman–Crippen LogP) is 2.24. The van der Waals surface area contributed by atoms with E-state index in [4.69, 9.17) is 9.47 Å². The molecule has 2 aromatic carbocycles. The van der Waals surface area contributed by atoms with Gasteiger partial charge in [0.2, 0.25) is 0 Å². The first-order valence-corrected chi connectivity index (χ1v) is 9.78. The number of esters is 2. The lowest BCUT2D eigenvalue weighted by molar-refractivity contribution is -0.138. The van der Waals surface area contributed by atoms with Crippen LogP contribution in [-0.4, -0.2) is 47.7 Å². The summed E-state index contributed by atoms with van der Waals surface area (Å²) in [6, 6.07) is 11.5. The second-order valence-electron chi connectivity index (χ2n) is 5.53. The molecule has 0 aromatic heterocycles. The van der Waals surface area contributed by atoms with E-state index in [2.05, 4.69) is 4.74 Å². The minimum Gasteiger partial charge on any atom is -0.497 e. The van der Waals surface area contributed by atoms with Crippen molar-refractivity contribution in [2.24, 2.45) is 0 Å². The van der Waals surface area contributed by atoms with Crippen LogP contribution in [-0.2, 0) is 24.3 Å². The van der Waals surface area contributed by atoms with Gasteiger partial charge in [-0.25, -0.2) is 13.2 Å². The van der Waals surface area contributed by atoms with Gasteiger partial charge in [0.1, 0.15) is 12.3 Å². The van der Waals surface area contributed by atoms with Crippen LogP contribution in [0.4, 0.5) is 5.69 Å². The van der Waals surface area contributed by atoms with Crippen LogP contribution in [0.1, 0.15) is 17.3 Å². The Labute approximate surface area is 163 Å². The van der Waals surface area contributed by atoms with Crippen LogP contribution in [0.5, 0.6) is 5.75 Å². The molecule has 0 aliphatic carbocycles. The van der Waals surface area contributed by atoms with Crippen molar-refractivity contribution in [1.82, 2.24) is 0 Å². The summed E-state index contributed by atoms with van der Waals surface area (Å²) in [6.07, 6.45) is 0. The lowest BCUT2D eigenvalue weighted by Crippen LogP contribution is -2.36. The Bertz CT molecular complexity index is 922. The van der Waals surface area contributed by atoms with Crippen molar-refractivity contribution in [3.8, 4) is 5.75 Å². The Hall–Kier alpha value is -3.07. The number of hydrogen-bond acceptors (Lipinski definition) is 7. The highest BCUT2D eigenvalue weighted by Crippen LogP contribution is 2.25. The number of anilines is 1. The number of nitrogens with zero attached hydrogens (tertiary/aromatic N) is 1. The van der Waals surface area contributed by atoms with Gasteiger partial charge in [0.15, 0.2) is 0 Å². The second-order valence-corrected chi connectivity index (χ2v) is 7.39. The van der Waals surface area contributed by atoms with Gasteiger partial charge in [-0.3, -0.25) is 9.10 Å². The Morgan fingerprint density at radius 2 is 1.57 bits per heavy atom. The van der Waals surface area contributed by atoms with Crippen molar-refractivity contribution >= 4 is 27.6 Å². The lowest BCUT2D eigenvalue weighted by Gasteiger charge is -2.23. The minimum atomic E-state index is -4.07. The summed E-state index contributed by atoms with van der Waals surface area (Å²) < 4.78 is 41.7. The molecule has 0 amide bonds. The molecule has 0 radical (unpaired) electrons. The normalized spacial score (nSPS) is 10.8. The summed E-state index contributed by atoms with van der Waals surface area (Å²) in [4.78, 5) is 23.6. The zero-order chi connectivity index (χ0) is 20.7. The van der Waals surface area contributed by atoms with Gasteiger partial charge in [0.05, 0.1) is 37.0 Å². The monoisotopic (exact) mass is 407 g/mol. The van der Waals surface area contributed by atoms with Crippen LogP contribution in [0.3, 0.4) is 0 Å². The van der Waals surface area contributed by atoms with Crippen LogP contribution in [0, 0.1) is 0 Å². The quantitative estimate of drug-likeness (QED) is 0.619. The zero-order valence-corrected chi connectivity index (χ0v) is 16.6. The van der Waals surface area contributed by atoms with E-state index >= 15 is 0 Å². The van der Waals surface area contributed by atoms with Crippen molar-refractivity contribution in [3.63, 3.8) is 0 Å². The number of ether oxygens (including phenoxy) is 3. The molecule has 0 saturated carbocycles. The van der Waals surface area contributed by atoms with E-state index < -0.39 is 28.5 Å². The molecule has 0 N–H and O–H groups in total. The first-order valence-electron chi connectivity index (χ1n) is 8.34. The largest absolute Gasteiger partial charge is 0.497 e. The van der Waals surface area contributed by atoms with Crippen LogP contribution in [0.2, 0.25) is 0 Å². The Balaban J connectivity index is 2.43. The molecule has 2 rings (SSSR count). The summed E-state index contributed by atoms with van der Waals surface area (Å²) >= 11 is 0. The van der Waals surface area contributed by atoms with Crippen molar-refractivity contribution < 1.29 is 32.2 Å². The molecule has 0 spiro atoms. The van der Waals surface area contributed by atoms with Crippen LogP contribution in [0.15, 0.2) is 53.4 Å². The number of sulfonamides is 1. The fraction of sp³-hybridized carbons (Fsp3) is 0.263. The molecule has 9 heteroatoms. The lowest BCUT2D eigenvalue weighted by atomic mass is 10.2. The number of benzene rings is 2. The molecule has 0 unspecified atom stereocenters. The van der Waals surface area contributed by atoms with E-state index in [0.717, 1.165) is 4.31 Å². The topological polar surface area (TPSA) is 99.2 Å². The first kappa shape index (κ1) is 21.2. The third kappa shape index (κ3) is 4.80. The van der Waals surface area contributed by atoms with Gasteiger partial charge in [-0.1, -0.05) is 0 Å². The second kappa shape index (κ2) is 9.23. The van der Waals surface area contributed by atoms with Crippen LogP contribution >= 0.6 is 0 Å². The predicted molar refractivity (Wildman–Crippen MR) is 102 cm³/mol. The van der Waals surface area contributed by atoms with Crippen molar-refractivity contribution in [2.45, 2.75) is 11.8 Å². The number of carbonyl (C=O) groups is 2.